The molecular weight excluding hydrogens is 456 g/mol. The van der Waals surface area contributed by atoms with E-state index in [0.717, 1.165) is 22.3 Å². The molecule has 0 aliphatic heterocycles. The summed E-state index contributed by atoms with van der Waals surface area (Å²) >= 11 is 9.45. The number of thiol groups is 2. The minimum atomic E-state index is -1.93. The Hall–Kier alpha value is -2.50. The molecule has 0 atom stereocenters. The predicted octanol–water partition coefficient (Wildman–Crippen LogP) is 6.85. The maximum absolute atomic E-state index is 10.3. The Morgan fingerprint density at radius 2 is 0.735 bits per heavy atom. The van der Waals surface area contributed by atoms with Crippen LogP contribution in [0.5, 0.6) is 0 Å². The fourth-order valence-corrected chi connectivity index (χ4v) is 4.34. The number of hydrogen-bond donors (Lipinski definition) is 4. The fraction of sp³-hybridized carbons (Fsp3) is 0.200. The summed E-state index contributed by atoms with van der Waals surface area (Å²) in [6.07, 6.45) is 0. The molecule has 0 bridgehead atoms. The van der Waals surface area contributed by atoms with Gasteiger partial charge in [0.25, 0.3) is 0 Å². The highest BCUT2D eigenvalue weighted by molar-refractivity contribution is 8.00. The van der Waals surface area contributed by atoms with Crippen molar-refractivity contribution in [1.29, 1.82) is 0 Å². The normalized spacial score (nSPS) is 11.5. The van der Waals surface area contributed by atoms with Crippen LogP contribution in [0.15, 0.2) is 97.1 Å². The van der Waals surface area contributed by atoms with Crippen LogP contribution >= 0.6 is 25.3 Å². The van der Waals surface area contributed by atoms with Crippen LogP contribution < -0.4 is 0 Å². The van der Waals surface area contributed by atoms with Gasteiger partial charge in [-0.15, -0.1) is 0 Å². The monoisotopic (exact) mass is 488 g/mol. The molecule has 0 aliphatic rings. The zero-order valence-corrected chi connectivity index (χ0v) is 21.8. The second-order valence-corrected chi connectivity index (χ2v) is 10.5. The Balaban J connectivity index is 0.000000191. The van der Waals surface area contributed by atoms with Crippen molar-refractivity contribution in [3.05, 3.63) is 142 Å². The first-order chi connectivity index (χ1) is 16.0. The van der Waals surface area contributed by atoms with Gasteiger partial charge >= 0.3 is 0 Å². The maximum atomic E-state index is 10.3. The molecule has 34 heavy (non-hydrogen) atoms. The van der Waals surface area contributed by atoms with Gasteiger partial charge in [-0.1, -0.05) is 119 Å². The molecule has 0 radical (unpaired) electrons. The highest BCUT2D eigenvalue weighted by Crippen LogP contribution is 2.40. The van der Waals surface area contributed by atoms with Crippen molar-refractivity contribution >= 4 is 25.3 Å². The van der Waals surface area contributed by atoms with Crippen molar-refractivity contribution in [3.63, 3.8) is 0 Å². The molecule has 4 aromatic rings. The first kappa shape index (κ1) is 26.1. The van der Waals surface area contributed by atoms with Crippen molar-refractivity contribution in [2.24, 2.45) is 0 Å². The number of aliphatic hydroxyl groups is 2. The predicted molar refractivity (Wildman–Crippen MR) is 149 cm³/mol. The molecule has 0 heterocycles. The molecule has 2 N–H and O–H groups in total. The zero-order chi connectivity index (χ0) is 24.9. The topological polar surface area (TPSA) is 40.5 Å². The van der Waals surface area contributed by atoms with E-state index in [1.807, 2.05) is 50.2 Å². The summed E-state index contributed by atoms with van der Waals surface area (Å²) in [6, 6.07) is 31.1. The minimum Gasteiger partial charge on any atom is -0.358 e. The Labute approximate surface area is 214 Å². The van der Waals surface area contributed by atoms with Gasteiger partial charge in [-0.3, -0.25) is 0 Å². The molecular formula is C30H32O2S2. The standard InChI is InChI=1S/C15H16O2.C15H16S2/c2*1-11-5-3-7-13(9-11)15(16,17)14-8-4-6-12(2)10-14/h2*3-10,16-17H,1-2H3. The fourth-order valence-electron chi connectivity index (χ4n) is 3.78. The lowest BCUT2D eigenvalue weighted by atomic mass is 9.95. The van der Waals surface area contributed by atoms with Gasteiger partial charge in [0.1, 0.15) is 4.08 Å². The molecule has 0 spiro atoms. The van der Waals surface area contributed by atoms with Crippen molar-refractivity contribution in [2.75, 3.05) is 0 Å². The highest BCUT2D eigenvalue weighted by Gasteiger charge is 2.28. The van der Waals surface area contributed by atoms with E-state index in [2.05, 4.69) is 50.2 Å². The van der Waals surface area contributed by atoms with Crippen LogP contribution in [0.2, 0.25) is 0 Å². The summed E-state index contributed by atoms with van der Waals surface area (Å²) in [5, 5.41) is 20.5. The Bertz CT molecular complexity index is 1070. The smallest absolute Gasteiger partial charge is 0.217 e. The molecule has 0 aromatic heterocycles. The Morgan fingerprint density at radius 3 is 1.03 bits per heavy atom. The van der Waals surface area contributed by atoms with E-state index in [0.29, 0.717) is 11.1 Å². The molecule has 4 rings (SSSR count). The number of hydrogen-bond acceptors (Lipinski definition) is 4. The van der Waals surface area contributed by atoms with Crippen molar-refractivity contribution < 1.29 is 10.2 Å². The van der Waals surface area contributed by atoms with Gasteiger partial charge < -0.3 is 10.2 Å². The van der Waals surface area contributed by atoms with Crippen LogP contribution in [0.25, 0.3) is 0 Å². The lowest BCUT2D eigenvalue weighted by Gasteiger charge is -2.24. The van der Waals surface area contributed by atoms with Gasteiger partial charge in [-0.25, -0.2) is 0 Å². The molecule has 0 aliphatic carbocycles. The van der Waals surface area contributed by atoms with E-state index in [1.54, 1.807) is 24.3 Å². The van der Waals surface area contributed by atoms with Crippen LogP contribution in [-0.2, 0) is 9.87 Å². The third-order valence-electron chi connectivity index (χ3n) is 5.68. The molecule has 176 valence electrons. The van der Waals surface area contributed by atoms with E-state index < -0.39 is 9.87 Å². The van der Waals surface area contributed by atoms with Gasteiger partial charge in [-0.2, -0.15) is 25.3 Å². The summed E-state index contributed by atoms with van der Waals surface area (Å²) in [4.78, 5) is 0. The molecule has 0 saturated heterocycles. The first-order valence-electron chi connectivity index (χ1n) is 11.2. The SMILES string of the molecule is Cc1cccc(C(O)(O)c2cccc(C)c2)c1.Cc1cccc(C(S)(S)c2cccc(C)c2)c1. The second kappa shape index (κ2) is 10.8. The van der Waals surface area contributed by atoms with Crippen LogP contribution in [0.4, 0.5) is 0 Å². The van der Waals surface area contributed by atoms with Gasteiger partial charge in [0.15, 0.2) is 0 Å². The minimum absolute atomic E-state index is 0.489. The van der Waals surface area contributed by atoms with Crippen molar-refractivity contribution in [3.8, 4) is 0 Å². The number of rotatable bonds is 4. The lowest BCUT2D eigenvalue weighted by Crippen LogP contribution is -2.26. The quantitative estimate of drug-likeness (QED) is 0.187. The maximum Gasteiger partial charge on any atom is 0.217 e. The van der Waals surface area contributed by atoms with E-state index in [1.165, 1.54) is 11.1 Å². The summed E-state index contributed by atoms with van der Waals surface area (Å²) < 4.78 is -0.544. The molecule has 0 amide bonds. The highest BCUT2D eigenvalue weighted by atomic mass is 32.2. The van der Waals surface area contributed by atoms with Crippen LogP contribution in [0, 0.1) is 27.7 Å². The largest absolute Gasteiger partial charge is 0.358 e. The number of aryl methyl sites for hydroxylation is 4. The van der Waals surface area contributed by atoms with Crippen LogP contribution in [-0.4, -0.2) is 10.2 Å². The molecule has 4 heteroatoms. The van der Waals surface area contributed by atoms with Crippen LogP contribution in [0.1, 0.15) is 44.5 Å². The molecule has 0 unspecified atom stereocenters. The number of benzene rings is 4. The molecule has 4 aromatic carbocycles. The van der Waals surface area contributed by atoms with E-state index in [9.17, 15) is 10.2 Å². The van der Waals surface area contributed by atoms with Crippen molar-refractivity contribution in [1.82, 2.24) is 0 Å². The van der Waals surface area contributed by atoms with E-state index in [-0.39, 0.29) is 0 Å². The van der Waals surface area contributed by atoms with Crippen molar-refractivity contribution in [2.45, 2.75) is 37.6 Å². The molecule has 0 fully saturated rings. The molecule has 2 nitrogen and oxygen atoms in total. The molecule has 0 saturated carbocycles. The Morgan fingerprint density at radius 1 is 0.471 bits per heavy atom. The van der Waals surface area contributed by atoms with Crippen LogP contribution in [0.3, 0.4) is 0 Å². The zero-order valence-electron chi connectivity index (χ0n) is 20.0. The Kier molecular flexibility index (Phi) is 8.32. The second-order valence-electron chi connectivity index (χ2n) is 8.82. The third-order valence-corrected chi connectivity index (χ3v) is 6.72. The lowest BCUT2D eigenvalue weighted by molar-refractivity contribution is -0.132. The summed E-state index contributed by atoms with van der Waals surface area (Å²) in [5.41, 5.74) is 7.64. The van der Waals surface area contributed by atoms with Gasteiger partial charge in [0, 0.05) is 11.1 Å². The van der Waals surface area contributed by atoms with E-state index >= 15 is 0 Å². The van der Waals surface area contributed by atoms with E-state index in [4.69, 9.17) is 25.3 Å². The summed E-state index contributed by atoms with van der Waals surface area (Å²) in [7, 11) is 0. The third kappa shape index (κ3) is 6.34. The average molecular weight is 489 g/mol. The van der Waals surface area contributed by atoms with Gasteiger partial charge in [-0.05, 0) is 38.8 Å². The average Bonchev–Trinajstić information content (AvgIpc) is 2.79. The summed E-state index contributed by atoms with van der Waals surface area (Å²) in [5.74, 6) is -1.93. The van der Waals surface area contributed by atoms with Gasteiger partial charge in [0.2, 0.25) is 5.79 Å². The van der Waals surface area contributed by atoms with Gasteiger partial charge in [0.05, 0.1) is 0 Å². The summed E-state index contributed by atoms with van der Waals surface area (Å²) in [6.45, 7) is 8.01. The first-order valence-corrected chi connectivity index (χ1v) is 12.1.